The van der Waals surface area contributed by atoms with E-state index in [1.807, 2.05) is 13.8 Å². The topological polar surface area (TPSA) is 57.7 Å². The molecule has 1 aromatic carbocycles. The molecule has 1 heterocycles. The van der Waals surface area contributed by atoms with Crippen molar-refractivity contribution in [1.29, 1.82) is 0 Å². The fourth-order valence-corrected chi connectivity index (χ4v) is 7.19. The van der Waals surface area contributed by atoms with Crippen LogP contribution in [0.1, 0.15) is 65.2 Å². The highest BCUT2D eigenvalue weighted by Gasteiger charge is 2.58. The zero-order valence-corrected chi connectivity index (χ0v) is 18.4. The molecule has 166 valence electrons. The lowest BCUT2D eigenvalue weighted by Gasteiger charge is -2.57. The van der Waals surface area contributed by atoms with Crippen molar-refractivity contribution in [3.05, 3.63) is 30.1 Å². The fraction of sp³-hybridized carbons (Fsp3) is 0.640. The second-order valence-corrected chi connectivity index (χ2v) is 10.4. The van der Waals surface area contributed by atoms with Crippen molar-refractivity contribution in [2.45, 2.75) is 77.3 Å². The van der Waals surface area contributed by atoms with Gasteiger partial charge < -0.3 is 4.90 Å². The predicted octanol–water partition coefficient (Wildman–Crippen LogP) is 4.30. The molecule has 4 bridgehead atoms. The van der Waals surface area contributed by atoms with Crippen LogP contribution in [-0.2, 0) is 14.4 Å². The second kappa shape index (κ2) is 7.42. The number of carbonyl (C=O) groups excluding carboxylic acids is 3. The third-order valence-electron chi connectivity index (χ3n) is 8.34. The van der Waals surface area contributed by atoms with E-state index >= 15 is 0 Å². The first kappa shape index (κ1) is 20.7. The number of hydrogen-bond donors (Lipinski definition) is 0. The molecular formula is C25H31FN2O3. The van der Waals surface area contributed by atoms with Gasteiger partial charge >= 0.3 is 0 Å². The first-order chi connectivity index (χ1) is 14.8. The minimum absolute atomic E-state index is 0.00133. The van der Waals surface area contributed by atoms with Crippen molar-refractivity contribution >= 4 is 23.4 Å². The lowest BCUT2D eigenvalue weighted by molar-refractivity contribution is -0.164. The summed E-state index contributed by atoms with van der Waals surface area (Å²) in [5.74, 6) is 0.871. The SMILES string of the molecule is CCC(C)N(C(=O)C12CC3CC(CC(C3)C1)C2)C1CC(=O)N(c2ccc(F)cc2)C1=O. The van der Waals surface area contributed by atoms with Crippen LogP contribution in [-0.4, -0.2) is 34.7 Å². The predicted molar refractivity (Wildman–Crippen MR) is 115 cm³/mol. The molecule has 4 aliphatic carbocycles. The molecular weight excluding hydrogens is 395 g/mol. The zero-order chi connectivity index (χ0) is 21.9. The van der Waals surface area contributed by atoms with Crippen molar-refractivity contribution in [3.8, 4) is 0 Å². The van der Waals surface area contributed by atoms with Crippen LogP contribution in [0.2, 0.25) is 0 Å². The standard InChI is InChI=1S/C25H31FN2O3/c1-3-15(2)27(24(31)25-12-16-8-17(13-25)10-18(9-16)14-25)21-11-22(29)28(23(21)30)20-6-4-19(26)5-7-20/h4-7,15-18,21H,3,8-14H2,1-2H3. The third kappa shape index (κ3) is 3.30. The van der Waals surface area contributed by atoms with E-state index in [0.29, 0.717) is 23.4 Å². The average molecular weight is 427 g/mol. The number of nitrogens with zero attached hydrogens (tertiary/aromatic N) is 2. The smallest absolute Gasteiger partial charge is 0.257 e. The van der Waals surface area contributed by atoms with Crippen molar-refractivity contribution in [2.24, 2.45) is 23.2 Å². The Morgan fingerprint density at radius 3 is 2.16 bits per heavy atom. The van der Waals surface area contributed by atoms with Gasteiger partial charge in [-0.3, -0.25) is 14.4 Å². The van der Waals surface area contributed by atoms with Crippen molar-refractivity contribution in [2.75, 3.05) is 4.90 Å². The van der Waals surface area contributed by atoms with Gasteiger partial charge in [-0.2, -0.15) is 0 Å². The molecule has 1 aliphatic heterocycles. The number of rotatable bonds is 5. The number of carbonyl (C=O) groups is 3. The molecule has 3 amide bonds. The summed E-state index contributed by atoms with van der Waals surface area (Å²) in [5.41, 5.74) is 0.00963. The molecule has 2 unspecified atom stereocenters. The van der Waals surface area contributed by atoms with Gasteiger partial charge in [0.15, 0.2) is 0 Å². The number of amides is 3. The Labute approximate surface area is 183 Å². The summed E-state index contributed by atoms with van der Waals surface area (Å²) in [4.78, 5) is 43.3. The number of hydrogen-bond acceptors (Lipinski definition) is 3. The first-order valence-electron chi connectivity index (χ1n) is 11.8. The first-order valence-corrected chi connectivity index (χ1v) is 11.8. The van der Waals surface area contributed by atoms with Gasteiger partial charge in [-0.25, -0.2) is 9.29 Å². The molecule has 0 spiro atoms. The van der Waals surface area contributed by atoms with E-state index in [-0.39, 0.29) is 35.6 Å². The highest BCUT2D eigenvalue weighted by atomic mass is 19.1. The molecule has 6 heteroatoms. The van der Waals surface area contributed by atoms with Crippen molar-refractivity contribution in [1.82, 2.24) is 4.90 Å². The fourth-order valence-electron chi connectivity index (χ4n) is 7.19. The minimum Gasteiger partial charge on any atom is -0.327 e. The maximum absolute atomic E-state index is 14.1. The van der Waals surface area contributed by atoms with Crippen LogP contribution in [0.5, 0.6) is 0 Å². The molecule has 1 aromatic rings. The molecule has 6 rings (SSSR count). The Balaban J connectivity index is 1.45. The summed E-state index contributed by atoms with van der Waals surface area (Å²) < 4.78 is 13.3. The number of halogens is 1. The Hall–Kier alpha value is -2.24. The van der Waals surface area contributed by atoms with E-state index in [9.17, 15) is 18.8 Å². The third-order valence-corrected chi connectivity index (χ3v) is 8.34. The molecule has 4 saturated carbocycles. The molecule has 2 atom stereocenters. The summed E-state index contributed by atoms with van der Waals surface area (Å²) in [7, 11) is 0. The highest BCUT2D eigenvalue weighted by molar-refractivity contribution is 6.23. The molecule has 1 saturated heterocycles. The summed E-state index contributed by atoms with van der Waals surface area (Å²) in [6, 6.07) is 4.50. The van der Waals surface area contributed by atoms with E-state index in [4.69, 9.17) is 0 Å². The Kier molecular flexibility index (Phi) is 4.94. The lowest BCUT2D eigenvalue weighted by Crippen LogP contribution is -2.59. The van der Waals surface area contributed by atoms with Gasteiger partial charge in [0.25, 0.3) is 5.91 Å². The van der Waals surface area contributed by atoms with Crippen molar-refractivity contribution < 1.29 is 18.8 Å². The van der Waals surface area contributed by atoms with Gasteiger partial charge in [-0.05, 0) is 93.9 Å². The Morgan fingerprint density at radius 2 is 1.65 bits per heavy atom. The van der Waals surface area contributed by atoms with Gasteiger partial charge in [0, 0.05) is 6.04 Å². The second-order valence-electron chi connectivity index (χ2n) is 10.4. The van der Waals surface area contributed by atoms with E-state index in [1.54, 1.807) is 4.90 Å². The van der Waals surface area contributed by atoms with E-state index in [1.165, 1.54) is 43.5 Å². The van der Waals surface area contributed by atoms with Gasteiger partial charge in [0.1, 0.15) is 11.9 Å². The van der Waals surface area contributed by atoms with Crippen LogP contribution in [0.3, 0.4) is 0 Å². The summed E-state index contributed by atoms with van der Waals surface area (Å²) in [5, 5.41) is 0. The van der Waals surface area contributed by atoms with Crippen LogP contribution in [0, 0.1) is 29.0 Å². The van der Waals surface area contributed by atoms with Crippen molar-refractivity contribution in [3.63, 3.8) is 0 Å². The van der Waals surface area contributed by atoms with Gasteiger partial charge in [0.05, 0.1) is 17.5 Å². The molecule has 5 aliphatic rings. The summed E-state index contributed by atoms with van der Waals surface area (Å²) >= 11 is 0. The molecule has 0 aromatic heterocycles. The quantitative estimate of drug-likeness (QED) is 0.660. The van der Waals surface area contributed by atoms with E-state index in [0.717, 1.165) is 30.6 Å². The Bertz CT molecular complexity index is 877. The number of imide groups is 1. The molecule has 5 fully saturated rings. The maximum Gasteiger partial charge on any atom is 0.257 e. The van der Waals surface area contributed by atoms with Gasteiger partial charge in [0.2, 0.25) is 11.8 Å². The zero-order valence-electron chi connectivity index (χ0n) is 18.4. The molecule has 31 heavy (non-hydrogen) atoms. The number of anilines is 1. The van der Waals surface area contributed by atoms with Crippen LogP contribution in [0.15, 0.2) is 24.3 Å². The average Bonchev–Trinajstić information content (AvgIpc) is 3.01. The van der Waals surface area contributed by atoms with Gasteiger partial charge in [-0.1, -0.05) is 6.92 Å². The molecule has 0 radical (unpaired) electrons. The van der Waals surface area contributed by atoms with Crippen LogP contribution >= 0.6 is 0 Å². The maximum atomic E-state index is 14.1. The summed E-state index contributed by atoms with van der Waals surface area (Å²) in [6.07, 6.45) is 7.26. The normalized spacial score (nSPS) is 35.0. The lowest BCUT2D eigenvalue weighted by atomic mass is 9.49. The molecule has 5 nitrogen and oxygen atoms in total. The molecule has 0 N–H and O–H groups in total. The van der Waals surface area contributed by atoms with E-state index in [2.05, 4.69) is 0 Å². The van der Waals surface area contributed by atoms with E-state index < -0.39 is 11.9 Å². The summed E-state index contributed by atoms with van der Waals surface area (Å²) in [6.45, 7) is 4.00. The number of benzene rings is 1. The Morgan fingerprint density at radius 1 is 1.10 bits per heavy atom. The van der Waals surface area contributed by atoms with Crippen LogP contribution in [0.25, 0.3) is 0 Å². The largest absolute Gasteiger partial charge is 0.327 e. The van der Waals surface area contributed by atoms with Crippen LogP contribution in [0.4, 0.5) is 10.1 Å². The van der Waals surface area contributed by atoms with Gasteiger partial charge in [-0.15, -0.1) is 0 Å². The minimum atomic E-state index is -0.770. The monoisotopic (exact) mass is 426 g/mol. The highest BCUT2D eigenvalue weighted by Crippen LogP contribution is 2.61. The van der Waals surface area contributed by atoms with Crippen LogP contribution < -0.4 is 4.90 Å².